The van der Waals surface area contributed by atoms with Crippen molar-refractivity contribution in [1.29, 1.82) is 0 Å². The first-order valence-corrected chi connectivity index (χ1v) is 6.66. The summed E-state index contributed by atoms with van der Waals surface area (Å²) in [7, 11) is -3.18. The van der Waals surface area contributed by atoms with Crippen LogP contribution in [0.3, 0.4) is 0 Å². The lowest BCUT2D eigenvalue weighted by Gasteiger charge is -2.05. The molecule has 0 bridgehead atoms. The number of nitrogens with one attached hydrogen (secondary N) is 1. The molecule has 4 nitrogen and oxygen atoms in total. The number of hydrogen-bond donors (Lipinski definition) is 1. The van der Waals surface area contributed by atoms with Gasteiger partial charge in [-0.05, 0) is 12.1 Å². The molecule has 1 aromatic rings. The lowest BCUT2D eigenvalue weighted by atomic mass is 10.3. The van der Waals surface area contributed by atoms with Crippen LogP contribution in [0.5, 0.6) is 0 Å². The van der Waals surface area contributed by atoms with Gasteiger partial charge in [-0.1, -0.05) is 12.1 Å². The average molecular weight is 245 g/mol. The molecule has 0 atom stereocenters. The maximum atomic E-state index is 13.1. The van der Waals surface area contributed by atoms with Crippen molar-refractivity contribution in [3.63, 3.8) is 0 Å². The van der Waals surface area contributed by atoms with Crippen LogP contribution in [0.2, 0.25) is 0 Å². The van der Waals surface area contributed by atoms with Crippen molar-refractivity contribution in [2.75, 3.05) is 17.3 Å². The zero-order chi connectivity index (χ0) is 12.2. The summed E-state index contributed by atoms with van der Waals surface area (Å²) in [6, 6.07) is 5.70. The van der Waals surface area contributed by atoms with E-state index in [0.717, 1.165) is 6.26 Å². The van der Waals surface area contributed by atoms with Gasteiger partial charge in [-0.2, -0.15) is 0 Å². The Balaban J connectivity index is 2.56. The molecule has 0 fully saturated rings. The Kier molecular flexibility index (Phi) is 4.00. The maximum Gasteiger partial charge on any atom is 0.225 e. The van der Waals surface area contributed by atoms with Crippen LogP contribution < -0.4 is 5.32 Å². The van der Waals surface area contributed by atoms with Gasteiger partial charge in [0.1, 0.15) is 15.7 Å². The van der Waals surface area contributed by atoms with Crippen LogP contribution >= 0.6 is 0 Å². The largest absolute Gasteiger partial charge is 0.324 e. The number of halogens is 1. The van der Waals surface area contributed by atoms with E-state index in [4.69, 9.17) is 0 Å². The summed E-state index contributed by atoms with van der Waals surface area (Å²) in [5.41, 5.74) is 0.0565. The standard InChI is InChI=1S/C10H12FNO3S/c1-16(14,15)7-6-10(13)12-9-5-3-2-4-8(9)11/h2-5H,6-7H2,1H3,(H,12,13). The summed E-state index contributed by atoms with van der Waals surface area (Å²) in [6.07, 6.45) is 0.872. The Labute approximate surface area is 93.4 Å². The van der Waals surface area contributed by atoms with E-state index in [0.29, 0.717) is 0 Å². The molecule has 1 rings (SSSR count). The van der Waals surface area contributed by atoms with Crippen molar-refractivity contribution >= 4 is 21.4 Å². The molecule has 0 aliphatic rings. The van der Waals surface area contributed by atoms with Crippen molar-refractivity contribution in [3.05, 3.63) is 30.1 Å². The zero-order valence-electron chi connectivity index (χ0n) is 8.73. The normalized spacial score (nSPS) is 11.1. The lowest BCUT2D eigenvalue weighted by molar-refractivity contribution is -0.115. The highest BCUT2D eigenvalue weighted by molar-refractivity contribution is 7.90. The minimum absolute atomic E-state index is 0.0565. The quantitative estimate of drug-likeness (QED) is 0.867. The van der Waals surface area contributed by atoms with Crippen LogP contribution in [-0.2, 0) is 14.6 Å². The SMILES string of the molecule is CS(=O)(=O)CCC(=O)Nc1ccccc1F. The molecule has 0 aliphatic heterocycles. The molecule has 0 radical (unpaired) electrons. The first-order valence-electron chi connectivity index (χ1n) is 4.60. The number of para-hydroxylation sites is 1. The van der Waals surface area contributed by atoms with Gasteiger partial charge < -0.3 is 5.32 Å². The number of sulfone groups is 1. The van der Waals surface area contributed by atoms with Crippen molar-refractivity contribution in [2.24, 2.45) is 0 Å². The summed E-state index contributed by atoms with van der Waals surface area (Å²) in [5, 5.41) is 2.30. The Hall–Kier alpha value is -1.43. The Morgan fingerprint density at radius 3 is 2.56 bits per heavy atom. The Morgan fingerprint density at radius 2 is 2.00 bits per heavy atom. The van der Waals surface area contributed by atoms with E-state index in [2.05, 4.69) is 5.32 Å². The van der Waals surface area contributed by atoms with Gasteiger partial charge in [0.25, 0.3) is 0 Å². The molecule has 1 amide bonds. The molecule has 1 N–H and O–H groups in total. The summed E-state index contributed by atoms with van der Waals surface area (Å²) in [4.78, 5) is 11.3. The Bertz CT molecular complexity index is 485. The van der Waals surface area contributed by atoms with Crippen molar-refractivity contribution in [3.8, 4) is 0 Å². The smallest absolute Gasteiger partial charge is 0.225 e. The molecule has 0 saturated heterocycles. The zero-order valence-corrected chi connectivity index (χ0v) is 9.55. The summed E-state index contributed by atoms with van der Waals surface area (Å²) in [5.74, 6) is -1.31. The predicted molar refractivity (Wildman–Crippen MR) is 59.4 cm³/mol. The van der Waals surface area contributed by atoms with Gasteiger partial charge in [0, 0.05) is 12.7 Å². The fourth-order valence-electron chi connectivity index (χ4n) is 1.05. The number of carbonyl (C=O) groups excluding carboxylic acids is 1. The summed E-state index contributed by atoms with van der Waals surface area (Å²) in [6.45, 7) is 0. The molecule has 6 heteroatoms. The fourth-order valence-corrected chi connectivity index (χ4v) is 1.61. The molecule has 0 saturated carbocycles. The van der Waals surface area contributed by atoms with Gasteiger partial charge in [0.15, 0.2) is 0 Å². The molecule has 0 aliphatic carbocycles. The molecular formula is C10H12FNO3S. The number of hydrogen-bond acceptors (Lipinski definition) is 3. The van der Waals surface area contributed by atoms with Crippen molar-refractivity contribution in [2.45, 2.75) is 6.42 Å². The summed E-state index contributed by atoms with van der Waals surface area (Å²) >= 11 is 0. The highest BCUT2D eigenvalue weighted by Gasteiger charge is 2.09. The number of anilines is 1. The van der Waals surface area contributed by atoms with Gasteiger partial charge in [0.2, 0.25) is 5.91 Å². The molecule has 0 aromatic heterocycles. The average Bonchev–Trinajstić information content (AvgIpc) is 2.18. The monoisotopic (exact) mass is 245 g/mol. The van der Waals surface area contributed by atoms with Crippen LogP contribution in [-0.4, -0.2) is 26.3 Å². The second-order valence-electron chi connectivity index (χ2n) is 3.41. The van der Waals surface area contributed by atoms with Gasteiger partial charge in [0.05, 0.1) is 11.4 Å². The van der Waals surface area contributed by atoms with Crippen LogP contribution in [0, 0.1) is 5.82 Å². The van der Waals surface area contributed by atoms with Crippen LogP contribution in [0.15, 0.2) is 24.3 Å². The molecule has 0 spiro atoms. The van der Waals surface area contributed by atoms with Crippen molar-refractivity contribution < 1.29 is 17.6 Å². The van der Waals surface area contributed by atoms with Crippen LogP contribution in [0.1, 0.15) is 6.42 Å². The van der Waals surface area contributed by atoms with E-state index in [1.54, 1.807) is 6.07 Å². The van der Waals surface area contributed by atoms with Crippen LogP contribution in [0.25, 0.3) is 0 Å². The third kappa shape index (κ3) is 4.39. The van der Waals surface area contributed by atoms with Gasteiger partial charge >= 0.3 is 0 Å². The minimum Gasteiger partial charge on any atom is -0.324 e. The van der Waals surface area contributed by atoms with Gasteiger partial charge in [-0.3, -0.25) is 4.79 Å². The first kappa shape index (κ1) is 12.6. The minimum atomic E-state index is -3.18. The van der Waals surface area contributed by atoms with E-state index >= 15 is 0 Å². The van der Waals surface area contributed by atoms with Crippen LogP contribution in [0.4, 0.5) is 10.1 Å². The number of rotatable bonds is 4. The Morgan fingerprint density at radius 1 is 1.38 bits per heavy atom. The summed E-state index contributed by atoms with van der Waals surface area (Å²) < 4.78 is 34.7. The van der Waals surface area contributed by atoms with E-state index in [1.807, 2.05) is 0 Å². The molecule has 1 aromatic carbocycles. The molecule has 0 unspecified atom stereocenters. The van der Waals surface area contributed by atoms with Crippen molar-refractivity contribution in [1.82, 2.24) is 0 Å². The third-order valence-corrected chi connectivity index (χ3v) is 2.79. The third-order valence-electron chi connectivity index (χ3n) is 1.85. The molecule has 16 heavy (non-hydrogen) atoms. The van der Waals surface area contributed by atoms with Gasteiger partial charge in [-0.15, -0.1) is 0 Å². The number of benzene rings is 1. The number of amides is 1. The maximum absolute atomic E-state index is 13.1. The van der Waals surface area contributed by atoms with E-state index in [1.165, 1.54) is 18.2 Å². The second kappa shape index (κ2) is 5.07. The van der Waals surface area contributed by atoms with E-state index in [9.17, 15) is 17.6 Å². The molecular weight excluding hydrogens is 233 g/mol. The lowest BCUT2D eigenvalue weighted by Crippen LogP contribution is -2.17. The van der Waals surface area contributed by atoms with E-state index in [-0.39, 0.29) is 17.9 Å². The fraction of sp³-hybridized carbons (Fsp3) is 0.300. The van der Waals surface area contributed by atoms with E-state index < -0.39 is 21.6 Å². The molecule has 88 valence electrons. The number of carbonyl (C=O) groups is 1. The molecule has 0 heterocycles. The predicted octanol–water partition coefficient (Wildman–Crippen LogP) is 1.20. The van der Waals surface area contributed by atoms with Gasteiger partial charge in [-0.25, -0.2) is 12.8 Å². The first-order chi connectivity index (χ1) is 7.38. The second-order valence-corrected chi connectivity index (χ2v) is 5.67. The highest BCUT2D eigenvalue weighted by atomic mass is 32.2. The topological polar surface area (TPSA) is 63.2 Å². The highest BCUT2D eigenvalue weighted by Crippen LogP contribution is 2.12.